The Morgan fingerprint density at radius 1 is 1.33 bits per heavy atom. The Morgan fingerprint density at radius 3 is 2.61 bits per heavy atom. The summed E-state index contributed by atoms with van der Waals surface area (Å²) < 4.78 is 26.2. The van der Waals surface area contributed by atoms with E-state index in [0.717, 1.165) is 30.0 Å². The highest BCUT2D eigenvalue weighted by molar-refractivity contribution is 8.00. The molecule has 3 amide bonds. The highest BCUT2D eigenvalue weighted by atomic mass is 32.2. The number of benzene rings is 1. The molecule has 18 heavy (non-hydrogen) atoms. The lowest BCUT2D eigenvalue weighted by molar-refractivity contribution is -0.119. The average molecular weight is 274 g/mol. The molecule has 0 saturated heterocycles. The molecule has 98 valence electrons. The molecule has 0 heterocycles. The number of urea groups is 1. The van der Waals surface area contributed by atoms with Gasteiger partial charge in [0.1, 0.15) is 11.6 Å². The fourth-order valence-corrected chi connectivity index (χ4v) is 2.00. The standard InChI is InChI=1S/C11H12F2N2O2S/c1-6(10(16)15-11(17)14-2)18-9-5-7(12)3-4-8(9)13/h3-6H,1-2H3,(H2,14,15,16,17)/t6-/m0/s1. The molecule has 0 spiro atoms. The molecule has 1 rings (SSSR count). The third-order valence-corrected chi connectivity index (χ3v) is 3.16. The van der Waals surface area contributed by atoms with Crippen LogP contribution in [0.25, 0.3) is 0 Å². The van der Waals surface area contributed by atoms with Crippen LogP contribution in [0.4, 0.5) is 13.6 Å². The van der Waals surface area contributed by atoms with Gasteiger partial charge in [0.25, 0.3) is 0 Å². The maximum absolute atomic E-state index is 13.3. The lowest BCUT2D eigenvalue weighted by atomic mass is 10.3. The minimum absolute atomic E-state index is 0.0227. The topological polar surface area (TPSA) is 58.2 Å². The van der Waals surface area contributed by atoms with E-state index in [1.165, 1.54) is 14.0 Å². The number of amides is 3. The van der Waals surface area contributed by atoms with Crippen LogP contribution in [0.5, 0.6) is 0 Å². The van der Waals surface area contributed by atoms with Crippen molar-refractivity contribution in [1.82, 2.24) is 10.6 Å². The van der Waals surface area contributed by atoms with Crippen molar-refractivity contribution < 1.29 is 18.4 Å². The van der Waals surface area contributed by atoms with Crippen LogP contribution in [-0.4, -0.2) is 24.2 Å². The summed E-state index contributed by atoms with van der Waals surface area (Å²) in [7, 11) is 1.37. The van der Waals surface area contributed by atoms with Crippen LogP contribution in [0.1, 0.15) is 6.92 Å². The Hall–Kier alpha value is -1.63. The third-order valence-electron chi connectivity index (χ3n) is 2.03. The largest absolute Gasteiger partial charge is 0.341 e. The average Bonchev–Trinajstić information content (AvgIpc) is 2.33. The van der Waals surface area contributed by atoms with E-state index in [1.807, 2.05) is 0 Å². The molecule has 0 aliphatic carbocycles. The number of nitrogens with one attached hydrogen (secondary N) is 2. The number of carbonyl (C=O) groups is 2. The van der Waals surface area contributed by atoms with E-state index in [2.05, 4.69) is 10.6 Å². The van der Waals surface area contributed by atoms with Crippen molar-refractivity contribution in [3.05, 3.63) is 29.8 Å². The zero-order valence-corrected chi connectivity index (χ0v) is 10.6. The maximum atomic E-state index is 13.3. The molecule has 0 fully saturated rings. The summed E-state index contributed by atoms with van der Waals surface area (Å²) >= 11 is 0.838. The molecule has 1 atom stereocenters. The first-order valence-corrected chi connectivity index (χ1v) is 5.96. The van der Waals surface area contributed by atoms with Gasteiger partial charge in [0.2, 0.25) is 5.91 Å². The van der Waals surface area contributed by atoms with Crippen molar-refractivity contribution in [3.8, 4) is 0 Å². The molecular formula is C11H12F2N2O2S. The van der Waals surface area contributed by atoms with Crippen molar-refractivity contribution >= 4 is 23.7 Å². The highest BCUT2D eigenvalue weighted by Gasteiger charge is 2.18. The molecule has 0 bridgehead atoms. The summed E-state index contributed by atoms with van der Waals surface area (Å²) in [6.07, 6.45) is 0. The van der Waals surface area contributed by atoms with E-state index < -0.39 is 28.8 Å². The number of imide groups is 1. The summed E-state index contributed by atoms with van der Waals surface area (Å²) in [4.78, 5) is 22.4. The smallest absolute Gasteiger partial charge is 0.321 e. The fraction of sp³-hybridized carbons (Fsp3) is 0.273. The second-order valence-electron chi connectivity index (χ2n) is 3.40. The van der Waals surface area contributed by atoms with E-state index in [4.69, 9.17) is 0 Å². The van der Waals surface area contributed by atoms with E-state index in [1.54, 1.807) is 0 Å². The van der Waals surface area contributed by atoms with Gasteiger partial charge in [-0.25, -0.2) is 13.6 Å². The number of hydrogen-bond donors (Lipinski definition) is 2. The van der Waals surface area contributed by atoms with Crippen molar-refractivity contribution in [2.45, 2.75) is 17.1 Å². The number of rotatable bonds is 3. The fourth-order valence-electron chi connectivity index (χ4n) is 1.09. The van der Waals surface area contributed by atoms with Gasteiger partial charge in [-0.2, -0.15) is 0 Å². The van der Waals surface area contributed by atoms with Crippen LogP contribution in [0.15, 0.2) is 23.1 Å². The summed E-state index contributed by atoms with van der Waals surface area (Å²) in [5.41, 5.74) is 0. The highest BCUT2D eigenvalue weighted by Crippen LogP contribution is 2.26. The van der Waals surface area contributed by atoms with Gasteiger partial charge in [0, 0.05) is 11.9 Å². The van der Waals surface area contributed by atoms with Gasteiger partial charge >= 0.3 is 6.03 Å². The first-order chi connectivity index (χ1) is 8.43. The molecule has 0 aliphatic rings. The van der Waals surface area contributed by atoms with Crippen LogP contribution < -0.4 is 10.6 Å². The van der Waals surface area contributed by atoms with Crippen molar-refractivity contribution in [1.29, 1.82) is 0 Å². The van der Waals surface area contributed by atoms with E-state index in [9.17, 15) is 18.4 Å². The number of hydrogen-bond acceptors (Lipinski definition) is 3. The molecule has 0 aromatic heterocycles. The molecule has 0 radical (unpaired) electrons. The first kappa shape index (κ1) is 14.4. The molecule has 7 heteroatoms. The van der Waals surface area contributed by atoms with Gasteiger partial charge in [-0.1, -0.05) is 0 Å². The minimum Gasteiger partial charge on any atom is -0.341 e. The van der Waals surface area contributed by atoms with Gasteiger partial charge in [-0.15, -0.1) is 11.8 Å². The molecule has 0 saturated carbocycles. The normalized spacial score (nSPS) is 11.8. The third kappa shape index (κ3) is 3.99. The van der Waals surface area contributed by atoms with E-state index >= 15 is 0 Å². The van der Waals surface area contributed by atoms with Crippen LogP contribution in [0.3, 0.4) is 0 Å². The first-order valence-electron chi connectivity index (χ1n) is 5.08. The molecule has 1 aromatic carbocycles. The van der Waals surface area contributed by atoms with Crippen molar-refractivity contribution in [2.75, 3.05) is 7.05 Å². The minimum atomic E-state index is -0.724. The van der Waals surface area contributed by atoms with E-state index in [-0.39, 0.29) is 4.90 Å². The van der Waals surface area contributed by atoms with Gasteiger partial charge in [-0.05, 0) is 25.1 Å². The number of halogens is 2. The zero-order chi connectivity index (χ0) is 13.7. The molecular weight excluding hydrogens is 262 g/mol. The van der Waals surface area contributed by atoms with Crippen molar-refractivity contribution in [3.63, 3.8) is 0 Å². The van der Waals surface area contributed by atoms with Gasteiger partial charge in [-0.3, -0.25) is 10.1 Å². The van der Waals surface area contributed by atoms with Crippen LogP contribution >= 0.6 is 11.8 Å². The maximum Gasteiger partial charge on any atom is 0.321 e. The van der Waals surface area contributed by atoms with Gasteiger partial charge < -0.3 is 5.32 Å². The molecule has 0 aliphatic heterocycles. The predicted molar refractivity (Wildman–Crippen MR) is 64.3 cm³/mol. The van der Waals surface area contributed by atoms with E-state index in [0.29, 0.717) is 0 Å². The Balaban J connectivity index is 2.69. The molecule has 0 unspecified atom stereocenters. The number of thioether (sulfide) groups is 1. The second-order valence-corrected chi connectivity index (χ2v) is 4.79. The summed E-state index contributed by atoms with van der Waals surface area (Å²) in [6.45, 7) is 1.49. The lowest BCUT2D eigenvalue weighted by Gasteiger charge is -2.11. The van der Waals surface area contributed by atoms with Crippen LogP contribution in [0, 0.1) is 11.6 Å². The lowest BCUT2D eigenvalue weighted by Crippen LogP contribution is -2.41. The predicted octanol–water partition coefficient (Wildman–Crippen LogP) is 1.90. The molecule has 4 nitrogen and oxygen atoms in total. The van der Waals surface area contributed by atoms with Crippen LogP contribution in [-0.2, 0) is 4.79 Å². The molecule has 1 aromatic rings. The monoisotopic (exact) mass is 274 g/mol. The summed E-state index contributed by atoms with van der Waals surface area (Å²) in [5.74, 6) is -1.78. The van der Waals surface area contributed by atoms with Gasteiger partial charge in [0.05, 0.1) is 5.25 Å². The Morgan fingerprint density at radius 2 is 2.00 bits per heavy atom. The quantitative estimate of drug-likeness (QED) is 0.828. The number of carbonyl (C=O) groups excluding carboxylic acids is 2. The van der Waals surface area contributed by atoms with Crippen LogP contribution in [0.2, 0.25) is 0 Å². The zero-order valence-electron chi connectivity index (χ0n) is 9.79. The summed E-state index contributed by atoms with van der Waals surface area (Å²) in [6, 6.07) is 2.34. The second kappa shape index (κ2) is 6.34. The Kier molecular flexibility index (Phi) is 5.08. The van der Waals surface area contributed by atoms with Gasteiger partial charge in [0.15, 0.2) is 0 Å². The SMILES string of the molecule is CNC(=O)NC(=O)[C@H](C)Sc1cc(F)ccc1F. The Bertz CT molecular complexity index is 468. The summed E-state index contributed by atoms with van der Waals surface area (Å²) in [5, 5.41) is 3.56. The van der Waals surface area contributed by atoms with Crippen molar-refractivity contribution in [2.24, 2.45) is 0 Å². The Labute approximate surface area is 107 Å². The molecule has 2 N–H and O–H groups in total.